The van der Waals surface area contributed by atoms with E-state index in [0.717, 1.165) is 18.7 Å². The number of nitrogens with zero attached hydrogens (tertiary/aromatic N) is 3. The SMILES string of the molecule is FC(F)(F)c1ccc(-c2nnco2)cn1. The summed E-state index contributed by atoms with van der Waals surface area (Å²) in [4.78, 5) is 3.25. The summed E-state index contributed by atoms with van der Waals surface area (Å²) < 4.78 is 41.2. The van der Waals surface area contributed by atoms with Crippen LogP contribution >= 0.6 is 0 Å². The second-order valence-corrected chi connectivity index (χ2v) is 2.67. The monoisotopic (exact) mass is 215 g/mol. The Labute approximate surface area is 81.8 Å². The predicted molar refractivity (Wildman–Crippen MR) is 42.5 cm³/mol. The van der Waals surface area contributed by atoms with Crippen LogP contribution in [0, 0.1) is 0 Å². The van der Waals surface area contributed by atoms with E-state index in [2.05, 4.69) is 15.2 Å². The highest BCUT2D eigenvalue weighted by Crippen LogP contribution is 2.28. The number of halogens is 3. The molecule has 15 heavy (non-hydrogen) atoms. The Morgan fingerprint density at radius 3 is 2.47 bits per heavy atom. The van der Waals surface area contributed by atoms with Crippen molar-refractivity contribution in [1.29, 1.82) is 0 Å². The minimum atomic E-state index is -4.44. The lowest BCUT2D eigenvalue weighted by Gasteiger charge is -2.04. The summed E-state index contributed by atoms with van der Waals surface area (Å²) in [5, 5.41) is 6.94. The Morgan fingerprint density at radius 2 is 2.00 bits per heavy atom. The van der Waals surface area contributed by atoms with Gasteiger partial charge in [0.25, 0.3) is 0 Å². The van der Waals surface area contributed by atoms with Crippen molar-refractivity contribution in [3.8, 4) is 11.5 Å². The van der Waals surface area contributed by atoms with Crippen LogP contribution in [-0.4, -0.2) is 15.2 Å². The normalized spacial score (nSPS) is 11.7. The molecular weight excluding hydrogens is 211 g/mol. The first kappa shape index (κ1) is 9.63. The average Bonchev–Trinajstić information content (AvgIpc) is 2.69. The Balaban J connectivity index is 2.33. The van der Waals surface area contributed by atoms with Gasteiger partial charge < -0.3 is 4.42 Å². The van der Waals surface area contributed by atoms with Crippen molar-refractivity contribution in [2.45, 2.75) is 6.18 Å². The molecule has 2 heterocycles. The highest BCUT2D eigenvalue weighted by molar-refractivity contribution is 5.50. The van der Waals surface area contributed by atoms with Crippen molar-refractivity contribution >= 4 is 0 Å². The molecule has 2 rings (SSSR count). The number of alkyl halides is 3. The van der Waals surface area contributed by atoms with Gasteiger partial charge in [0.2, 0.25) is 12.3 Å². The van der Waals surface area contributed by atoms with Crippen LogP contribution in [0.15, 0.2) is 29.1 Å². The van der Waals surface area contributed by atoms with Crippen LogP contribution in [0.4, 0.5) is 13.2 Å². The molecule has 78 valence electrons. The summed E-state index contributed by atoms with van der Waals surface area (Å²) >= 11 is 0. The van der Waals surface area contributed by atoms with Crippen LogP contribution in [0.1, 0.15) is 5.69 Å². The zero-order chi connectivity index (χ0) is 10.9. The van der Waals surface area contributed by atoms with Gasteiger partial charge in [-0.3, -0.25) is 4.98 Å². The van der Waals surface area contributed by atoms with Crippen LogP contribution in [0.3, 0.4) is 0 Å². The van der Waals surface area contributed by atoms with Gasteiger partial charge in [-0.15, -0.1) is 10.2 Å². The summed E-state index contributed by atoms with van der Waals surface area (Å²) in [5.74, 6) is 0.135. The van der Waals surface area contributed by atoms with Gasteiger partial charge in [-0.05, 0) is 12.1 Å². The lowest BCUT2D eigenvalue weighted by Crippen LogP contribution is -2.07. The van der Waals surface area contributed by atoms with Crippen molar-refractivity contribution < 1.29 is 17.6 Å². The van der Waals surface area contributed by atoms with Crippen LogP contribution in [0.2, 0.25) is 0 Å². The van der Waals surface area contributed by atoms with Crippen LogP contribution in [-0.2, 0) is 6.18 Å². The van der Waals surface area contributed by atoms with Gasteiger partial charge in [0.1, 0.15) is 5.69 Å². The maximum atomic E-state index is 12.1. The lowest BCUT2D eigenvalue weighted by atomic mass is 10.2. The van der Waals surface area contributed by atoms with Crippen molar-refractivity contribution in [3.63, 3.8) is 0 Å². The summed E-state index contributed by atoms with van der Waals surface area (Å²) in [6.07, 6.45) is -2.31. The maximum absolute atomic E-state index is 12.1. The number of pyridine rings is 1. The Hall–Kier alpha value is -1.92. The molecule has 2 aromatic heterocycles. The first-order chi connectivity index (χ1) is 7.07. The van der Waals surface area contributed by atoms with Crippen molar-refractivity contribution in [3.05, 3.63) is 30.4 Å². The van der Waals surface area contributed by atoms with E-state index in [-0.39, 0.29) is 5.89 Å². The molecule has 4 nitrogen and oxygen atoms in total. The molecule has 0 aliphatic carbocycles. The van der Waals surface area contributed by atoms with Crippen molar-refractivity contribution in [2.75, 3.05) is 0 Å². The molecule has 0 saturated carbocycles. The lowest BCUT2D eigenvalue weighted by molar-refractivity contribution is -0.141. The first-order valence-corrected chi connectivity index (χ1v) is 3.87. The summed E-state index contributed by atoms with van der Waals surface area (Å²) in [6, 6.07) is 2.09. The fraction of sp³-hybridized carbons (Fsp3) is 0.125. The summed E-state index contributed by atoms with van der Waals surface area (Å²) in [5.41, 5.74) is -0.605. The quantitative estimate of drug-likeness (QED) is 0.731. The van der Waals surface area contributed by atoms with Gasteiger partial charge in [0, 0.05) is 6.20 Å². The van der Waals surface area contributed by atoms with E-state index >= 15 is 0 Å². The van der Waals surface area contributed by atoms with E-state index in [0.29, 0.717) is 5.56 Å². The minimum Gasteiger partial charge on any atom is -0.423 e. The molecule has 2 aromatic rings. The van der Waals surface area contributed by atoms with Crippen LogP contribution in [0.5, 0.6) is 0 Å². The molecule has 0 fully saturated rings. The van der Waals surface area contributed by atoms with E-state index in [9.17, 15) is 13.2 Å². The van der Waals surface area contributed by atoms with E-state index in [1.165, 1.54) is 6.07 Å². The zero-order valence-corrected chi connectivity index (χ0v) is 7.19. The molecule has 0 spiro atoms. The van der Waals surface area contributed by atoms with Crippen LogP contribution in [0.25, 0.3) is 11.5 Å². The molecule has 0 bridgehead atoms. The van der Waals surface area contributed by atoms with Crippen LogP contribution < -0.4 is 0 Å². The Bertz CT molecular complexity index is 435. The molecule has 7 heteroatoms. The fourth-order valence-electron chi connectivity index (χ4n) is 0.987. The molecular formula is C8H4F3N3O. The van der Waals surface area contributed by atoms with E-state index in [1.807, 2.05) is 0 Å². The number of rotatable bonds is 1. The number of aromatic nitrogens is 3. The Morgan fingerprint density at radius 1 is 1.20 bits per heavy atom. The standard InChI is InChI=1S/C8H4F3N3O/c9-8(10,11)6-2-1-5(3-12-6)7-14-13-4-15-7/h1-4H. The smallest absolute Gasteiger partial charge is 0.423 e. The number of hydrogen-bond acceptors (Lipinski definition) is 4. The number of hydrogen-bond donors (Lipinski definition) is 0. The maximum Gasteiger partial charge on any atom is 0.433 e. The van der Waals surface area contributed by atoms with Gasteiger partial charge in [0.05, 0.1) is 5.56 Å². The third-order valence-corrected chi connectivity index (χ3v) is 1.66. The van der Waals surface area contributed by atoms with E-state index in [1.54, 1.807) is 0 Å². The molecule has 0 aliphatic heterocycles. The molecule has 0 atom stereocenters. The molecule has 0 amide bonds. The molecule has 0 unspecified atom stereocenters. The second kappa shape index (κ2) is 3.34. The fourth-order valence-corrected chi connectivity index (χ4v) is 0.987. The second-order valence-electron chi connectivity index (χ2n) is 2.67. The van der Waals surface area contributed by atoms with Gasteiger partial charge in [-0.25, -0.2) is 0 Å². The third-order valence-electron chi connectivity index (χ3n) is 1.66. The zero-order valence-electron chi connectivity index (χ0n) is 7.19. The molecule has 0 radical (unpaired) electrons. The third kappa shape index (κ3) is 1.95. The summed E-state index contributed by atoms with van der Waals surface area (Å²) in [7, 11) is 0. The van der Waals surface area contributed by atoms with E-state index < -0.39 is 11.9 Å². The summed E-state index contributed by atoms with van der Waals surface area (Å²) in [6.45, 7) is 0. The van der Waals surface area contributed by atoms with Gasteiger partial charge in [-0.2, -0.15) is 13.2 Å². The van der Waals surface area contributed by atoms with Gasteiger partial charge in [0.15, 0.2) is 0 Å². The topological polar surface area (TPSA) is 51.8 Å². The van der Waals surface area contributed by atoms with Crippen molar-refractivity contribution in [2.24, 2.45) is 0 Å². The molecule has 0 aliphatic rings. The largest absolute Gasteiger partial charge is 0.433 e. The van der Waals surface area contributed by atoms with Gasteiger partial charge >= 0.3 is 6.18 Å². The molecule has 0 aromatic carbocycles. The average molecular weight is 215 g/mol. The van der Waals surface area contributed by atoms with Gasteiger partial charge in [-0.1, -0.05) is 0 Å². The van der Waals surface area contributed by atoms with E-state index in [4.69, 9.17) is 4.42 Å². The molecule has 0 N–H and O–H groups in total. The minimum absolute atomic E-state index is 0.135. The highest BCUT2D eigenvalue weighted by atomic mass is 19.4. The molecule has 0 saturated heterocycles. The highest BCUT2D eigenvalue weighted by Gasteiger charge is 2.32. The van der Waals surface area contributed by atoms with Crippen molar-refractivity contribution in [1.82, 2.24) is 15.2 Å². The Kier molecular flexibility index (Phi) is 2.14. The predicted octanol–water partition coefficient (Wildman–Crippen LogP) is 2.15. The first-order valence-electron chi connectivity index (χ1n) is 3.87.